The van der Waals surface area contributed by atoms with Gasteiger partial charge in [-0.3, -0.25) is 9.78 Å². The fourth-order valence-corrected chi connectivity index (χ4v) is 2.70. The third-order valence-electron chi connectivity index (χ3n) is 2.54. The molecule has 0 bridgehead atoms. The summed E-state index contributed by atoms with van der Waals surface area (Å²) in [6.45, 7) is 3.84. The van der Waals surface area contributed by atoms with Gasteiger partial charge >= 0.3 is 0 Å². The van der Waals surface area contributed by atoms with Gasteiger partial charge in [0, 0.05) is 5.69 Å². The van der Waals surface area contributed by atoms with Gasteiger partial charge in [0.2, 0.25) is 5.78 Å². The number of hydrogen-bond donors (Lipinski definition) is 0. The van der Waals surface area contributed by atoms with Gasteiger partial charge in [0.05, 0.1) is 21.2 Å². The molecule has 0 aromatic carbocycles. The minimum Gasteiger partial charge on any atom is -0.288 e. The van der Waals surface area contributed by atoms with Crippen LogP contribution in [0, 0.1) is 6.92 Å². The number of carbonyl (C=O) groups excluding carboxylic acids is 1. The molecule has 4 heteroatoms. The highest BCUT2D eigenvalue weighted by atomic mass is 35.5. The minimum absolute atomic E-state index is 0.0438. The summed E-state index contributed by atoms with van der Waals surface area (Å²) in [5.41, 5.74) is 2.13. The van der Waals surface area contributed by atoms with Crippen molar-refractivity contribution in [1.29, 1.82) is 0 Å². The van der Waals surface area contributed by atoms with Crippen LogP contribution in [0.4, 0.5) is 0 Å². The number of pyridine rings is 1. The Balaban J connectivity index is 2.49. The Labute approximate surface area is 109 Å². The molecule has 2 aromatic rings. The van der Waals surface area contributed by atoms with Crippen LogP contribution in [0.25, 0.3) is 0 Å². The van der Waals surface area contributed by atoms with E-state index in [1.807, 2.05) is 25.3 Å². The molecule has 0 N–H and O–H groups in total. The molecule has 0 aliphatic carbocycles. The molecular formula is C13H12ClNOS. The monoisotopic (exact) mass is 265 g/mol. The highest BCUT2D eigenvalue weighted by molar-refractivity contribution is 7.12. The number of carbonyl (C=O) groups is 1. The SMILES string of the molecule is CCc1cc(Cl)c(C(=O)c2cccs2)c(C)n1. The van der Waals surface area contributed by atoms with Crippen molar-refractivity contribution < 1.29 is 4.79 Å². The Bertz CT molecular complexity index is 526. The molecule has 2 rings (SSSR count). The van der Waals surface area contributed by atoms with Crippen LogP contribution in [0.15, 0.2) is 23.6 Å². The predicted molar refractivity (Wildman–Crippen MR) is 71.1 cm³/mol. The quantitative estimate of drug-likeness (QED) is 0.788. The minimum atomic E-state index is -0.0438. The van der Waals surface area contributed by atoms with Crippen LogP contribution in [-0.4, -0.2) is 10.8 Å². The maximum absolute atomic E-state index is 12.2. The summed E-state index contributed by atoms with van der Waals surface area (Å²) in [5, 5.41) is 2.37. The molecule has 0 spiro atoms. The Morgan fingerprint density at radius 3 is 2.82 bits per heavy atom. The Hall–Kier alpha value is -1.19. The van der Waals surface area contributed by atoms with Gasteiger partial charge in [0.25, 0.3) is 0 Å². The first-order valence-corrected chi connectivity index (χ1v) is 6.63. The first-order valence-electron chi connectivity index (χ1n) is 5.37. The van der Waals surface area contributed by atoms with Gasteiger partial charge in [-0.15, -0.1) is 11.3 Å². The van der Waals surface area contributed by atoms with Crippen molar-refractivity contribution in [3.63, 3.8) is 0 Å². The molecule has 0 radical (unpaired) electrons. The van der Waals surface area contributed by atoms with Crippen molar-refractivity contribution in [2.24, 2.45) is 0 Å². The fraction of sp³-hybridized carbons (Fsp3) is 0.231. The van der Waals surface area contributed by atoms with Crippen molar-refractivity contribution in [2.45, 2.75) is 20.3 Å². The number of rotatable bonds is 3. The van der Waals surface area contributed by atoms with Gasteiger partial charge < -0.3 is 0 Å². The standard InChI is InChI=1S/C13H12ClNOS/c1-3-9-7-10(14)12(8(2)15-9)13(16)11-5-4-6-17-11/h4-7H,3H2,1-2H3. The number of halogens is 1. The summed E-state index contributed by atoms with van der Waals surface area (Å²) in [6.07, 6.45) is 0.814. The molecule has 17 heavy (non-hydrogen) atoms. The second-order valence-corrected chi connectivity index (χ2v) is 5.07. The molecular weight excluding hydrogens is 254 g/mol. The predicted octanol–water partition coefficient (Wildman–Crippen LogP) is 3.90. The molecule has 2 aromatic heterocycles. The number of aryl methyl sites for hydroxylation is 2. The van der Waals surface area contributed by atoms with Crippen LogP contribution in [0.2, 0.25) is 5.02 Å². The third-order valence-corrected chi connectivity index (χ3v) is 3.71. The molecule has 0 amide bonds. The highest BCUT2D eigenvalue weighted by Crippen LogP contribution is 2.24. The van der Waals surface area contributed by atoms with Gasteiger partial charge in [-0.05, 0) is 30.9 Å². The van der Waals surface area contributed by atoms with Crippen LogP contribution >= 0.6 is 22.9 Å². The molecule has 2 heterocycles. The zero-order valence-corrected chi connectivity index (χ0v) is 11.2. The summed E-state index contributed by atoms with van der Waals surface area (Å²) in [4.78, 5) is 17.3. The second-order valence-electron chi connectivity index (χ2n) is 3.72. The average Bonchev–Trinajstić information content (AvgIpc) is 2.81. The maximum atomic E-state index is 12.2. The lowest BCUT2D eigenvalue weighted by atomic mass is 10.1. The van der Waals surface area contributed by atoms with Gasteiger partial charge in [-0.1, -0.05) is 24.6 Å². The smallest absolute Gasteiger partial charge is 0.206 e. The zero-order chi connectivity index (χ0) is 12.4. The lowest BCUT2D eigenvalue weighted by Gasteiger charge is -2.07. The van der Waals surface area contributed by atoms with Crippen LogP contribution in [-0.2, 0) is 6.42 Å². The maximum Gasteiger partial charge on any atom is 0.206 e. The van der Waals surface area contributed by atoms with Gasteiger partial charge in [-0.25, -0.2) is 0 Å². The molecule has 2 nitrogen and oxygen atoms in total. The van der Waals surface area contributed by atoms with E-state index in [0.717, 1.165) is 12.1 Å². The van der Waals surface area contributed by atoms with E-state index in [-0.39, 0.29) is 5.78 Å². The second kappa shape index (κ2) is 4.98. The number of nitrogens with zero attached hydrogens (tertiary/aromatic N) is 1. The van der Waals surface area contributed by atoms with E-state index in [1.165, 1.54) is 11.3 Å². The van der Waals surface area contributed by atoms with Gasteiger partial charge in [0.15, 0.2) is 0 Å². The lowest BCUT2D eigenvalue weighted by molar-refractivity contribution is 0.104. The summed E-state index contributed by atoms with van der Waals surface area (Å²) in [5.74, 6) is -0.0438. The highest BCUT2D eigenvalue weighted by Gasteiger charge is 2.18. The van der Waals surface area contributed by atoms with E-state index in [1.54, 1.807) is 12.1 Å². The van der Waals surface area contributed by atoms with Crippen LogP contribution < -0.4 is 0 Å². The molecule has 0 aliphatic rings. The Morgan fingerprint density at radius 2 is 2.29 bits per heavy atom. The average molecular weight is 266 g/mol. The largest absolute Gasteiger partial charge is 0.288 e. The van der Waals surface area contributed by atoms with Crippen molar-refractivity contribution >= 4 is 28.7 Å². The third kappa shape index (κ3) is 2.40. The van der Waals surface area contributed by atoms with Gasteiger partial charge in [0.1, 0.15) is 0 Å². The molecule has 88 valence electrons. The van der Waals surface area contributed by atoms with Crippen LogP contribution in [0.1, 0.15) is 33.5 Å². The van der Waals surface area contributed by atoms with Crippen LogP contribution in [0.3, 0.4) is 0 Å². The van der Waals surface area contributed by atoms with E-state index >= 15 is 0 Å². The van der Waals surface area contributed by atoms with E-state index < -0.39 is 0 Å². The summed E-state index contributed by atoms with van der Waals surface area (Å²) in [6, 6.07) is 5.43. The molecule has 0 fully saturated rings. The van der Waals surface area contributed by atoms with Gasteiger partial charge in [-0.2, -0.15) is 0 Å². The molecule has 0 saturated carbocycles. The number of ketones is 1. The normalized spacial score (nSPS) is 10.5. The van der Waals surface area contributed by atoms with E-state index in [4.69, 9.17) is 11.6 Å². The Morgan fingerprint density at radius 1 is 1.53 bits per heavy atom. The van der Waals surface area contributed by atoms with E-state index in [9.17, 15) is 4.79 Å². The fourth-order valence-electron chi connectivity index (χ4n) is 1.68. The zero-order valence-electron chi connectivity index (χ0n) is 9.66. The molecule has 0 saturated heterocycles. The number of thiophene rings is 1. The van der Waals surface area contributed by atoms with Crippen molar-refractivity contribution in [2.75, 3.05) is 0 Å². The van der Waals surface area contributed by atoms with E-state index in [2.05, 4.69) is 4.98 Å². The van der Waals surface area contributed by atoms with Crippen LogP contribution in [0.5, 0.6) is 0 Å². The first kappa shape index (κ1) is 12.3. The van der Waals surface area contributed by atoms with Crippen molar-refractivity contribution in [3.05, 3.63) is 50.4 Å². The van der Waals surface area contributed by atoms with Crippen molar-refractivity contribution in [1.82, 2.24) is 4.98 Å². The first-order chi connectivity index (χ1) is 8.13. The van der Waals surface area contributed by atoms with E-state index in [0.29, 0.717) is 21.2 Å². The number of aromatic nitrogens is 1. The summed E-state index contributed by atoms with van der Waals surface area (Å²) in [7, 11) is 0. The van der Waals surface area contributed by atoms with Crippen molar-refractivity contribution in [3.8, 4) is 0 Å². The Kier molecular flexibility index (Phi) is 3.60. The summed E-state index contributed by atoms with van der Waals surface area (Å²) < 4.78 is 0. The topological polar surface area (TPSA) is 30.0 Å². The molecule has 0 unspecified atom stereocenters. The summed E-state index contributed by atoms with van der Waals surface area (Å²) >= 11 is 7.59. The lowest BCUT2D eigenvalue weighted by Crippen LogP contribution is -2.06. The molecule has 0 atom stereocenters. The molecule has 0 aliphatic heterocycles. The number of hydrogen-bond acceptors (Lipinski definition) is 3.